The molecule has 4 unspecified atom stereocenters. The summed E-state index contributed by atoms with van der Waals surface area (Å²) >= 11 is 6.42. The summed E-state index contributed by atoms with van der Waals surface area (Å²) in [6.45, 7) is 2.22. The molecular weight excluding hydrogens is 380 g/mol. The van der Waals surface area contributed by atoms with Gasteiger partial charge in [-0.15, -0.1) is 0 Å². The summed E-state index contributed by atoms with van der Waals surface area (Å²) in [5.41, 5.74) is 2.94. The molecule has 0 amide bonds. The van der Waals surface area contributed by atoms with Crippen molar-refractivity contribution < 1.29 is 24.8 Å². The first-order valence-corrected chi connectivity index (χ1v) is 9.98. The third-order valence-electron chi connectivity index (χ3n) is 5.16. The second-order valence-electron chi connectivity index (χ2n) is 7.13. The lowest BCUT2D eigenvalue weighted by atomic mass is 9.86. The van der Waals surface area contributed by atoms with Gasteiger partial charge in [0.05, 0.1) is 25.4 Å². The Kier molecular flexibility index (Phi) is 7.32. The molecule has 0 spiro atoms. The highest BCUT2D eigenvalue weighted by Crippen LogP contribution is 2.37. The molecule has 6 heteroatoms. The van der Waals surface area contributed by atoms with Crippen LogP contribution in [0.15, 0.2) is 42.5 Å². The summed E-state index contributed by atoms with van der Waals surface area (Å²) < 4.78 is 11.4. The van der Waals surface area contributed by atoms with Crippen LogP contribution in [0, 0.1) is 5.92 Å². The van der Waals surface area contributed by atoms with Crippen LogP contribution in [0.5, 0.6) is 5.75 Å². The van der Waals surface area contributed by atoms with Gasteiger partial charge in [0.25, 0.3) is 0 Å². The fourth-order valence-corrected chi connectivity index (χ4v) is 3.84. The second-order valence-corrected chi connectivity index (χ2v) is 7.54. The van der Waals surface area contributed by atoms with Gasteiger partial charge in [-0.2, -0.15) is 0 Å². The van der Waals surface area contributed by atoms with Crippen LogP contribution >= 0.6 is 11.6 Å². The van der Waals surface area contributed by atoms with Crippen molar-refractivity contribution in [2.24, 2.45) is 5.92 Å². The quantitative estimate of drug-likeness (QED) is 0.658. The summed E-state index contributed by atoms with van der Waals surface area (Å²) in [6, 6.07) is 13.6. The molecule has 1 aliphatic heterocycles. The molecule has 0 radical (unpaired) electrons. The highest BCUT2D eigenvalue weighted by atomic mass is 35.5. The van der Waals surface area contributed by atoms with Crippen LogP contribution in [0.2, 0.25) is 5.02 Å². The molecule has 0 aromatic heterocycles. The number of aliphatic hydroxyl groups is 3. The number of hydrogen-bond acceptors (Lipinski definition) is 5. The molecule has 1 aliphatic rings. The molecule has 1 heterocycles. The number of benzene rings is 2. The Labute approximate surface area is 170 Å². The first-order valence-electron chi connectivity index (χ1n) is 9.61. The molecule has 152 valence electrons. The summed E-state index contributed by atoms with van der Waals surface area (Å²) in [6.07, 6.45) is -0.806. The number of halogens is 1. The summed E-state index contributed by atoms with van der Waals surface area (Å²) in [4.78, 5) is 0. The van der Waals surface area contributed by atoms with Crippen molar-refractivity contribution in [3.8, 4) is 5.75 Å². The maximum atomic E-state index is 10.1. The summed E-state index contributed by atoms with van der Waals surface area (Å²) in [7, 11) is 0. The van der Waals surface area contributed by atoms with Gasteiger partial charge >= 0.3 is 0 Å². The van der Waals surface area contributed by atoms with E-state index < -0.39 is 18.3 Å². The lowest BCUT2D eigenvalue weighted by Gasteiger charge is -2.38. The van der Waals surface area contributed by atoms with E-state index in [9.17, 15) is 15.3 Å². The van der Waals surface area contributed by atoms with Crippen molar-refractivity contribution in [3.63, 3.8) is 0 Å². The Hall–Kier alpha value is -1.63. The van der Waals surface area contributed by atoms with Crippen molar-refractivity contribution in [1.82, 2.24) is 0 Å². The largest absolute Gasteiger partial charge is 0.494 e. The molecule has 3 rings (SSSR count). The van der Waals surface area contributed by atoms with E-state index in [1.54, 1.807) is 0 Å². The van der Waals surface area contributed by atoms with E-state index in [4.69, 9.17) is 21.1 Å². The van der Waals surface area contributed by atoms with Crippen LogP contribution in [0.4, 0.5) is 0 Å². The van der Waals surface area contributed by atoms with Crippen LogP contribution in [-0.2, 0) is 11.2 Å². The monoisotopic (exact) mass is 406 g/mol. The maximum Gasteiger partial charge on any atom is 0.119 e. The van der Waals surface area contributed by atoms with Crippen molar-refractivity contribution in [2.75, 3.05) is 19.8 Å². The highest BCUT2D eigenvalue weighted by Gasteiger charge is 2.37. The molecule has 0 bridgehead atoms. The van der Waals surface area contributed by atoms with Crippen molar-refractivity contribution >= 4 is 11.6 Å². The fourth-order valence-electron chi connectivity index (χ4n) is 3.66. The van der Waals surface area contributed by atoms with E-state index in [1.165, 1.54) is 0 Å². The predicted molar refractivity (Wildman–Crippen MR) is 108 cm³/mol. The van der Waals surface area contributed by atoms with Gasteiger partial charge in [0.15, 0.2) is 0 Å². The average molecular weight is 407 g/mol. The van der Waals surface area contributed by atoms with E-state index in [0.29, 0.717) is 24.5 Å². The van der Waals surface area contributed by atoms with Gasteiger partial charge in [0.1, 0.15) is 11.9 Å². The highest BCUT2D eigenvalue weighted by molar-refractivity contribution is 6.31. The van der Waals surface area contributed by atoms with Gasteiger partial charge in [0, 0.05) is 17.5 Å². The molecule has 3 N–H and O–H groups in total. The van der Waals surface area contributed by atoms with E-state index in [0.717, 1.165) is 22.4 Å². The topological polar surface area (TPSA) is 79.2 Å². The van der Waals surface area contributed by atoms with Crippen LogP contribution in [-0.4, -0.2) is 47.3 Å². The molecule has 1 saturated heterocycles. The minimum atomic E-state index is -0.783. The Morgan fingerprint density at radius 2 is 1.86 bits per heavy atom. The zero-order valence-electron chi connectivity index (χ0n) is 15.9. The zero-order valence-corrected chi connectivity index (χ0v) is 16.7. The number of hydrogen-bond donors (Lipinski definition) is 3. The summed E-state index contributed by atoms with van der Waals surface area (Å²) in [5, 5.41) is 29.9. The van der Waals surface area contributed by atoms with Crippen molar-refractivity contribution in [2.45, 2.75) is 38.1 Å². The van der Waals surface area contributed by atoms with E-state index in [2.05, 4.69) is 0 Å². The van der Waals surface area contributed by atoms with Crippen LogP contribution in [0.1, 0.15) is 36.1 Å². The van der Waals surface area contributed by atoms with Gasteiger partial charge < -0.3 is 24.8 Å². The van der Waals surface area contributed by atoms with E-state index in [1.807, 2.05) is 49.4 Å². The molecule has 28 heavy (non-hydrogen) atoms. The van der Waals surface area contributed by atoms with Crippen molar-refractivity contribution in [1.29, 1.82) is 0 Å². The molecule has 2 aromatic carbocycles. The van der Waals surface area contributed by atoms with Crippen molar-refractivity contribution in [3.05, 3.63) is 64.2 Å². The predicted octanol–water partition coefficient (Wildman–Crippen LogP) is 3.12. The molecular formula is C22H27ClO5. The lowest BCUT2D eigenvalue weighted by molar-refractivity contribution is -0.167. The van der Waals surface area contributed by atoms with Crippen LogP contribution in [0.25, 0.3) is 0 Å². The van der Waals surface area contributed by atoms with Crippen LogP contribution in [0.3, 0.4) is 0 Å². The third kappa shape index (κ3) is 4.85. The minimum absolute atomic E-state index is 0.100. The van der Waals surface area contributed by atoms with Gasteiger partial charge in [0.2, 0.25) is 0 Å². The van der Waals surface area contributed by atoms with Gasteiger partial charge in [-0.1, -0.05) is 35.9 Å². The normalized spacial score (nSPS) is 24.9. The van der Waals surface area contributed by atoms with E-state index >= 15 is 0 Å². The SMILES string of the molecule is CCOc1ccc(Cc2cc(C3OC(CO)C(O)CC3CO)ccc2Cl)cc1. The molecule has 0 aliphatic carbocycles. The average Bonchev–Trinajstić information content (AvgIpc) is 2.71. The first kappa shape index (κ1) is 21.1. The van der Waals surface area contributed by atoms with Gasteiger partial charge in [-0.25, -0.2) is 0 Å². The molecule has 5 nitrogen and oxygen atoms in total. The lowest BCUT2D eigenvalue weighted by Crippen LogP contribution is -2.43. The molecule has 4 atom stereocenters. The van der Waals surface area contributed by atoms with Crippen LogP contribution < -0.4 is 4.74 Å². The maximum absolute atomic E-state index is 10.1. The number of rotatable bonds is 7. The third-order valence-corrected chi connectivity index (χ3v) is 5.53. The number of aliphatic hydroxyl groups excluding tert-OH is 3. The van der Waals surface area contributed by atoms with Gasteiger partial charge in [-0.05, 0) is 54.7 Å². The van der Waals surface area contributed by atoms with Gasteiger partial charge in [-0.3, -0.25) is 0 Å². The Balaban J connectivity index is 1.82. The molecule has 2 aromatic rings. The second kappa shape index (κ2) is 9.72. The molecule has 0 saturated carbocycles. The Bertz CT molecular complexity index is 764. The Morgan fingerprint density at radius 1 is 1.11 bits per heavy atom. The minimum Gasteiger partial charge on any atom is -0.494 e. The smallest absolute Gasteiger partial charge is 0.119 e. The summed E-state index contributed by atoms with van der Waals surface area (Å²) in [5.74, 6) is 0.596. The van der Waals surface area contributed by atoms with E-state index in [-0.39, 0.29) is 19.1 Å². The zero-order chi connectivity index (χ0) is 20.1. The Morgan fingerprint density at radius 3 is 2.50 bits per heavy atom. The fraction of sp³-hybridized carbons (Fsp3) is 0.455. The molecule has 1 fully saturated rings. The standard InChI is InChI=1S/C22H27ClO5/c1-2-27-18-6-3-14(4-7-18)9-16-10-15(5-8-19(16)23)22-17(12-24)11-20(26)21(13-25)28-22/h3-8,10,17,20-22,24-26H,2,9,11-13H2,1H3. The first-order chi connectivity index (χ1) is 13.5. The number of ether oxygens (including phenoxy) is 2.